The third kappa shape index (κ3) is 5.48. The first-order chi connectivity index (χ1) is 15.6. The van der Waals surface area contributed by atoms with Gasteiger partial charge >= 0.3 is 0 Å². The number of aliphatic hydroxyl groups is 1. The standard InChI is InChI=1S/C22H32N4O6S/c1-13-11-26(14(2)12-27)21(28)9-17-8-18(6-7-19(17)31-20(13)10-23-5)25-33(29,30)22-15(3)24-32-16(22)4/h6-8,13-14,20,23,25,27H,9-12H2,1-5H3/t13-,14-,20+/m0/s1. The van der Waals surface area contributed by atoms with Crippen LogP contribution in [0.2, 0.25) is 0 Å². The zero-order valence-electron chi connectivity index (χ0n) is 19.6. The zero-order chi connectivity index (χ0) is 24.3. The number of aryl methyl sites for hydroxylation is 2. The largest absolute Gasteiger partial charge is 0.488 e. The van der Waals surface area contributed by atoms with Crippen molar-refractivity contribution in [3.05, 3.63) is 35.2 Å². The number of anilines is 1. The molecule has 2 aromatic rings. The number of nitrogens with zero attached hydrogens (tertiary/aromatic N) is 2. The number of amides is 1. The van der Waals surface area contributed by atoms with Crippen LogP contribution in [0.3, 0.4) is 0 Å². The number of aromatic nitrogens is 1. The van der Waals surface area contributed by atoms with E-state index in [1.165, 1.54) is 6.92 Å². The number of aliphatic hydroxyl groups excluding tert-OH is 1. The Balaban J connectivity index is 1.98. The molecule has 182 valence electrons. The molecule has 0 fully saturated rings. The number of likely N-dealkylation sites (N-methyl/N-ethyl adjacent to an activating group) is 1. The number of rotatable bonds is 7. The highest BCUT2D eigenvalue weighted by atomic mass is 32.2. The number of carbonyl (C=O) groups is 1. The number of hydrogen-bond acceptors (Lipinski definition) is 8. The molecule has 3 rings (SSSR count). The molecule has 0 saturated heterocycles. The molecule has 33 heavy (non-hydrogen) atoms. The van der Waals surface area contributed by atoms with Gasteiger partial charge in [-0.15, -0.1) is 0 Å². The summed E-state index contributed by atoms with van der Waals surface area (Å²) in [5.74, 6) is 0.552. The normalized spacial score (nSPS) is 20.3. The van der Waals surface area contributed by atoms with Gasteiger partial charge in [0.2, 0.25) is 5.91 Å². The van der Waals surface area contributed by atoms with Crippen molar-refractivity contribution >= 4 is 21.6 Å². The minimum Gasteiger partial charge on any atom is -0.488 e. The van der Waals surface area contributed by atoms with Gasteiger partial charge in [-0.1, -0.05) is 12.1 Å². The molecular formula is C22H32N4O6S. The fourth-order valence-electron chi connectivity index (χ4n) is 4.00. The molecular weight excluding hydrogens is 448 g/mol. The number of benzene rings is 1. The number of ether oxygens (including phenoxy) is 1. The first-order valence-corrected chi connectivity index (χ1v) is 12.4. The maximum atomic E-state index is 13.1. The molecule has 1 aliphatic rings. The van der Waals surface area contributed by atoms with E-state index in [9.17, 15) is 18.3 Å². The highest BCUT2D eigenvalue weighted by Gasteiger charge is 2.31. The fraction of sp³-hybridized carbons (Fsp3) is 0.545. The summed E-state index contributed by atoms with van der Waals surface area (Å²) in [5.41, 5.74) is 1.12. The van der Waals surface area contributed by atoms with Gasteiger partial charge in [0.1, 0.15) is 17.5 Å². The summed E-state index contributed by atoms with van der Waals surface area (Å²) in [7, 11) is -2.11. The molecule has 3 atom stereocenters. The van der Waals surface area contributed by atoms with Crippen LogP contribution in [0.15, 0.2) is 27.6 Å². The Bertz CT molecular complexity index is 1080. The first kappa shape index (κ1) is 25.0. The lowest BCUT2D eigenvalue weighted by Gasteiger charge is -2.32. The van der Waals surface area contributed by atoms with Crippen molar-refractivity contribution in [2.24, 2.45) is 5.92 Å². The molecule has 1 aromatic heterocycles. The topological polar surface area (TPSA) is 134 Å². The van der Waals surface area contributed by atoms with Crippen LogP contribution >= 0.6 is 0 Å². The highest BCUT2D eigenvalue weighted by Crippen LogP contribution is 2.30. The number of fused-ring (bicyclic) bond motifs is 1. The van der Waals surface area contributed by atoms with Crippen LogP contribution in [-0.4, -0.2) is 68.4 Å². The van der Waals surface area contributed by atoms with Gasteiger partial charge in [0.15, 0.2) is 10.7 Å². The monoisotopic (exact) mass is 480 g/mol. The van der Waals surface area contributed by atoms with Gasteiger partial charge in [-0.05, 0) is 46.0 Å². The van der Waals surface area contributed by atoms with E-state index < -0.39 is 10.0 Å². The number of sulfonamides is 1. The predicted molar refractivity (Wildman–Crippen MR) is 123 cm³/mol. The zero-order valence-corrected chi connectivity index (χ0v) is 20.4. The molecule has 0 spiro atoms. The van der Waals surface area contributed by atoms with E-state index in [2.05, 4.69) is 15.2 Å². The smallest absolute Gasteiger partial charge is 0.267 e. The Morgan fingerprint density at radius 1 is 1.33 bits per heavy atom. The molecule has 0 radical (unpaired) electrons. The molecule has 1 amide bonds. The van der Waals surface area contributed by atoms with Gasteiger partial charge < -0.3 is 24.6 Å². The highest BCUT2D eigenvalue weighted by molar-refractivity contribution is 7.92. The SMILES string of the molecule is CNC[C@H]1Oc2ccc(NS(=O)(=O)c3c(C)noc3C)cc2CC(=O)N([C@@H](C)CO)C[C@@H]1C. The van der Waals surface area contributed by atoms with Gasteiger partial charge in [-0.2, -0.15) is 0 Å². The predicted octanol–water partition coefficient (Wildman–Crippen LogP) is 1.46. The van der Waals surface area contributed by atoms with Crippen LogP contribution < -0.4 is 14.8 Å². The molecule has 0 saturated carbocycles. The quantitative estimate of drug-likeness (QED) is 0.542. The summed E-state index contributed by atoms with van der Waals surface area (Å²) in [5, 5.41) is 16.5. The summed E-state index contributed by atoms with van der Waals surface area (Å²) < 4.78 is 39.7. The molecule has 0 aliphatic carbocycles. The summed E-state index contributed by atoms with van der Waals surface area (Å²) in [6, 6.07) is 4.54. The number of carbonyl (C=O) groups excluding carboxylic acids is 1. The molecule has 3 N–H and O–H groups in total. The van der Waals surface area contributed by atoms with Crippen LogP contribution in [0.4, 0.5) is 5.69 Å². The van der Waals surface area contributed by atoms with E-state index in [1.54, 1.807) is 36.9 Å². The van der Waals surface area contributed by atoms with Crippen molar-refractivity contribution in [2.45, 2.75) is 51.2 Å². The van der Waals surface area contributed by atoms with Crippen molar-refractivity contribution in [2.75, 3.05) is 31.5 Å². The molecule has 1 aliphatic heterocycles. The van der Waals surface area contributed by atoms with Crippen LogP contribution in [-0.2, 0) is 21.2 Å². The van der Waals surface area contributed by atoms with Gasteiger partial charge in [0.05, 0.1) is 19.1 Å². The van der Waals surface area contributed by atoms with Crippen LogP contribution in [0.5, 0.6) is 5.75 Å². The average molecular weight is 481 g/mol. The molecule has 10 nitrogen and oxygen atoms in total. The van der Waals surface area contributed by atoms with E-state index in [0.29, 0.717) is 30.1 Å². The Kier molecular flexibility index (Phi) is 7.65. The van der Waals surface area contributed by atoms with Crippen molar-refractivity contribution in [3.8, 4) is 5.75 Å². The van der Waals surface area contributed by atoms with Gasteiger partial charge in [-0.3, -0.25) is 9.52 Å². The van der Waals surface area contributed by atoms with E-state index in [0.717, 1.165) is 0 Å². The summed E-state index contributed by atoms with van der Waals surface area (Å²) in [4.78, 5) is 14.8. The number of nitrogens with one attached hydrogen (secondary N) is 2. The lowest BCUT2D eigenvalue weighted by atomic mass is 10.0. The fourth-order valence-corrected chi connectivity index (χ4v) is 5.38. The summed E-state index contributed by atoms with van der Waals surface area (Å²) in [6.45, 7) is 7.74. The summed E-state index contributed by atoms with van der Waals surface area (Å²) >= 11 is 0. The third-order valence-corrected chi connectivity index (χ3v) is 7.44. The van der Waals surface area contributed by atoms with Crippen molar-refractivity contribution < 1.29 is 27.6 Å². The van der Waals surface area contributed by atoms with Gasteiger partial charge in [0.25, 0.3) is 10.0 Å². The van der Waals surface area contributed by atoms with Crippen LogP contribution in [0, 0.1) is 19.8 Å². The minimum absolute atomic E-state index is 0.000860. The molecule has 0 bridgehead atoms. The maximum Gasteiger partial charge on any atom is 0.267 e. The second-order valence-electron chi connectivity index (χ2n) is 8.53. The Hall–Kier alpha value is -2.63. The van der Waals surface area contributed by atoms with E-state index in [1.807, 2.05) is 14.0 Å². The average Bonchev–Trinajstić information content (AvgIpc) is 3.12. The van der Waals surface area contributed by atoms with E-state index in [-0.39, 0.29) is 53.3 Å². The van der Waals surface area contributed by atoms with Crippen LogP contribution in [0.25, 0.3) is 0 Å². The maximum absolute atomic E-state index is 13.1. The van der Waals surface area contributed by atoms with E-state index >= 15 is 0 Å². The molecule has 0 unspecified atom stereocenters. The third-order valence-electron chi connectivity index (χ3n) is 5.81. The molecule has 2 heterocycles. The van der Waals surface area contributed by atoms with Crippen molar-refractivity contribution in [1.82, 2.24) is 15.4 Å². The van der Waals surface area contributed by atoms with Crippen molar-refractivity contribution in [3.63, 3.8) is 0 Å². The Morgan fingerprint density at radius 3 is 2.67 bits per heavy atom. The summed E-state index contributed by atoms with van der Waals surface area (Å²) in [6.07, 6.45) is -0.211. The Morgan fingerprint density at radius 2 is 2.06 bits per heavy atom. The van der Waals surface area contributed by atoms with E-state index in [4.69, 9.17) is 9.26 Å². The lowest BCUT2D eigenvalue weighted by Crippen LogP contribution is -2.47. The van der Waals surface area contributed by atoms with Crippen molar-refractivity contribution in [1.29, 1.82) is 0 Å². The van der Waals surface area contributed by atoms with Gasteiger partial charge in [-0.25, -0.2) is 8.42 Å². The molecule has 1 aromatic carbocycles. The second-order valence-corrected chi connectivity index (χ2v) is 10.1. The first-order valence-electron chi connectivity index (χ1n) is 10.9. The number of hydrogen-bond donors (Lipinski definition) is 3. The minimum atomic E-state index is -3.94. The second kappa shape index (κ2) is 10.1. The Labute approximate surface area is 194 Å². The molecule has 11 heteroatoms. The van der Waals surface area contributed by atoms with Crippen LogP contribution in [0.1, 0.15) is 30.9 Å². The lowest BCUT2D eigenvalue weighted by molar-refractivity contribution is -0.134. The van der Waals surface area contributed by atoms with Gasteiger partial charge in [0, 0.05) is 30.3 Å².